The number of aromatic hydroxyl groups is 1. The molecular weight excluding hydrogens is 390 g/mol. The largest absolute Gasteiger partial charge is 0.493 e. The number of hydrogen-bond donors (Lipinski definition) is 4. The van der Waals surface area contributed by atoms with Crippen molar-refractivity contribution in [3.05, 3.63) is 40.6 Å². The summed E-state index contributed by atoms with van der Waals surface area (Å²) < 4.78 is 1.06. The Balaban J connectivity index is 1.82. The van der Waals surface area contributed by atoms with Gasteiger partial charge in [0.25, 0.3) is 5.91 Å². The number of likely N-dealkylation sites (tertiary alicyclic amines) is 1. The fraction of sp³-hybridized carbons (Fsp3) is 0.368. The average molecular weight is 413 g/mol. The molecule has 2 aromatic heterocycles. The van der Waals surface area contributed by atoms with Crippen molar-refractivity contribution in [1.82, 2.24) is 24.8 Å². The van der Waals surface area contributed by atoms with Crippen molar-refractivity contribution in [3.63, 3.8) is 0 Å². The zero-order valence-electron chi connectivity index (χ0n) is 16.8. The molecule has 0 saturated carbocycles. The highest BCUT2D eigenvalue weighted by molar-refractivity contribution is 6.11. The lowest BCUT2D eigenvalue weighted by molar-refractivity contribution is -0.131. The number of amidine groups is 1. The van der Waals surface area contributed by atoms with Crippen LogP contribution < -0.4 is 11.0 Å². The van der Waals surface area contributed by atoms with Gasteiger partial charge in [-0.2, -0.15) is 0 Å². The van der Waals surface area contributed by atoms with Crippen molar-refractivity contribution < 1.29 is 14.7 Å². The van der Waals surface area contributed by atoms with Gasteiger partial charge in [0.2, 0.25) is 11.8 Å². The summed E-state index contributed by atoms with van der Waals surface area (Å²) in [4.78, 5) is 48.7. The number of pyridine rings is 1. The number of rotatable bonds is 5. The molecule has 2 aromatic rings. The van der Waals surface area contributed by atoms with Crippen LogP contribution >= 0.6 is 0 Å². The number of hydrogen-bond acceptors (Lipinski definition) is 7. The number of aromatic amines is 1. The number of aliphatic imine (C=N–C) groups is 1. The molecule has 0 radical (unpaired) electrons. The monoisotopic (exact) mass is 413 g/mol. The molecule has 1 atom stereocenters. The van der Waals surface area contributed by atoms with Gasteiger partial charge < -0.3 is 10.4 Å². The summed E-state index contributed by atoms with van der Waals surface area (Å²) >= 11 is 0. The fourth-order valence-corrected chi connectivity index (χ4v) is 3.14. The molecule has 1 aliphatic heterocycles. The number of nitrogens with zero attached hydrogens (tertiary/aromatic N) is 4. The molecule has 2 amide bonds. The Morgan fingerprint density at radius 2 is 2.17 bits per heavy atom. The van der Waals surface area contributed by atoms with Gasteiger partial charge in [0.15, 0.2) is 0 Å². The lowest BCUT2D eigenvalue weighted by Gasteiger charge is -2.24. The van der Waals surface area contributed by atoms with Gasteiger partial charge in [-0.05, 0) is 18.6 Å². The predicted octanol–water partition coefficient (Wildman–Crippen LogP) is 0.301. The van der Waals surface area contributed by atoms with E-state index in [1.54, 1.807) is 0 Å². The average Bonchev–Trinajstić information content (AvgIpc) is 3.18. The number of aromatic nitrogens is 3. The minimum atomic E-state index is -0.926. The van der Waals surface area contributed by atoms with Gasteiger partial charge in [0.05, 0.1) is 6.20 Å². The van der Waals surface area contributed by atoms with Gasteiger partial charge in [-0.15, -0.1) is 0 Å². The van der Waals surface area contributed by atoms with Gasteiger partial charge in [-0.25, -0.2) is 14.3 Å². The first-order valence-electron chi connectivity index (χ1n) is 9.25. The Bertz CT molecular complexity index is 1080. The third kappa shape index (κ3) is 4.00. The van der Waals surface area contributed by atoms with Crippen LogP contribution in [0.5, 0.6) is 5.88 Å². The lowest BCUT2D eigenvalue weighted by Crippen LogP contribution is -2.50. The number of carbonyl (C=O) groups is 2. The molecule has 0 aromatic carbocycles. The molecular formula is C19H23N7O4. The maximum Gasteiger partial charge on any atom is 0.334 e. The van der Waals surface area contributed by atoms with E-state index in [1.165, 1.54) is 36.4 Å². The van der Waals surface area contributed by atoms with E-state index >= 15 is 0 Å². The normalized spacial score (nSPS) is 16.8. The molecule has 0 bridgehead atoms. The molecule has 4 N–H and O–H groups in total. The second-order valence-electron chi connectivity index (χ2n) is 7.53. The molecule has 11 heteroatoms. The summed E-state index contributed by atoms with van der Waals surface area (Å²) in [5, 5.41) is 20.5. The van der Waals surface area contributed by atoms with Crippen LogP contribution in [0.3, 0.4) is 0 Å². The maximum absolute atomic E-state index is 12.8. The van der Waals surface area contributed by atoms with E-state index in [4.69, 9.17) is 5.41 Å². The van der Waals surface area contributed by atoms with E-state index in [2.05, 4.69) is 20.3 Å². The summed E-state index contributed by atoms with van der Waals surface area (Å²) in [7, 11) is 1.51. The summed E-state index contributed by atoms with van der Waals surface area (Å²) in [5.41, 5.74) is -1.17. The minimum Gasteiger partial charge on any atom is -0.493 e. The Labute approximate surface area is 172 Å². The van der Waals surface area contributed by atoms with Crippen molar-refractivity contribution >= 4 is 23.9 Å². The molecule has 3 rings (SSSR count). The second kappa shape index (κ2) is 7.93. The van der Waals surface area contributed by atoms with E-state index in [1.807, 2.05) is 13.8 Å². The van der Waals surface area contributed by atoms with Crippen LogP contribution in [0.4, 0.5) is 0 Å². The molecule has 1 fully saturated rings. The van der Waals surface area contributed by atoms with Gasteiger partial charge in [0, 0.05) is 25.2 Å². The summed E-state index contributed by atoms with van der Waals surface area (Å²) in [5.74, 6) is -1.06. The van der Waals surface area contributed by atoms with Crippen LogP contribution in [0, 0.1) is 10.8 Å². The van der Waals surface area contributed by atoms with Gasteiger partial charge >= 0.3 is 5.69 Å². The summed E-state index contributed by atoms with van der Waals surface area (Å²) in [6.45, 7) is 4.03. The standard InChI is InChI=1S/C19H23N7O4/c1-19(2)7-8-25(17(19)29)15(20)12(9-21-3)23-16(28)11-5-4-6-13(22-11)26-10-14(27)24-18(26)30/h4-6,9-10,12,20,27H,7-8H2,1-3H3,(H,23,28)(H,24,30). The van der Waals surface area contributed by atoms with E-state index in [0.29, 0.717) is 13.0 Å². The van der Waals surface area contributed by atoms with E-state index in [-0.39, 0.29) is 29.1 Å². The van der Waals surface area contributed by atoms with Crippen LogP contribution in [-0.4, -0.2) is 68.0 Å². The first-order chi connectivity index (χ1) is 14.1. The van der Waals surface area contributed by atoms with Crippen LogP contribution in [0.1, 0.15) is 30.8 Å². The van der Waals surface area contributed by atoms with Gasteiger partial charge in [-0.1, -0.05) is 19.9 Å². The molecule has 0 aliphatic carbocycles. The fourth-order valence-electron chi connectivity index (χ4n) is 3.14. The highest BCUT2D eigenvalue weighted by atomic mass is 16.3. The quantitative estimate of drug-likeness (QED) is 0.410. The van der Waals surface area contributed by atoms with E-state index < -0.39 is 23.1 Å². The van der Waals surface area contributed by atoms with Gasteiger partial charge in [-0.3, -0.25) is 29.9 Å². The van der Waals surface area contributed by atoms with Crippen molar-refractivity contribution in [1.29, 1.82) is 5.41 Å². The minimum absolute atomic E-state index is 0.00419. The zero-order valence-corrected chi connectivity index (χ0v) is 16.8. The van der Waals surface area contributed by atoms with Crippen molar-refractivity contribution in [2.45, 2.75) is 26.3 Å². The summed E-state index contributed by atoms with van der Waals surface area (Å²) in [6.07, 6.45) is 3.13. The Kier molecular flexibility index (Phi) is 5.54. The number of carbonyl (C=O) groups excluding carboxylic acids is 2. The first kappa shape index (κ1) is 21.0. The third-order valence-electron chi connectivity index (χ3n) is 4.87. The SMILES string of the molecule is CN=CC(NC(=O)c1cccc(-n2cc(O)[nH]c2=O)n1)C(=N)N1CCC(C)(C)C1=O. The predicted molar refractivity (Wildman–Crippen MR) is 109 cm³/mol. The molecule has 1 unspecified atom stereocenters. The van der Waals surface area contributed by atoms with Crippen LogP contribution in [0.25, 0.3) is 5.82 Å². The van der Waals surface area contributed by atoms with Crippen molar-refractivity contribution in [2.75, 3.05) is 13.6 Å². The highest BCUT2D eigenvalue weighted by Gasteiger charge is 2.41. The number of H-pyrrole nitrogens is 1. The Morgan fingerprint density at radius 1 is 1.43 bits per heavy atom. The molecule has 0 spiro atoms. The van der Waals surface area contributed by atoms with Crippen LogP contribution in [0.15, 0.2) is 34.2 Å². The second-order valence-corrected chi connectivity index (χ2v) is 7.53. The third-order valence-corrected chi connectivity index (χ3v) is 4.87. The molecule has 30 heavy (non-hydrogen) atoms. The van der Waals surface area contributed by atoms with Crippen molar-refractivity contribution in [3.8, 4) is 11.7 Å². The first-order valence-corrected chi connectivity index (χ1v) is 9.25. The number of nitrogens with one attached hydrogen (secondary N) is 3. The number of imidazole rings is 1. The van der Waals surface area contributed by atoms with E-state index in [0.717, 1.165) is 10.8 Å². The summed E-state index contributed by atoms with van der Waals surface area (Å²) in [6, 6.07) is 3.56. The highest BCUT2D eigenvalue weighted by Crippen LogP contribution is 2.30. The lowest BCUT2D eigenvalue weighted by atomic mass is 9.92. The Morgan fingerprint density at radius 3 is 2.73 bits per heavy atom. The smallest absolute Gasteiger partial charge is 0.334 e. The zero-order chi connectivity index (χ0) is 22.1. The van der Waals surface area contributed by atoms with Crippen molar-refractivity contribution in [2.24, 2.45) is 10.4 Å². The maximum atomic E-state index is 12.8. The van der Waals surface area contributed by atoms with Gasteiger partial charge in [0.1, 0.15) is 23.4 Å². The van der Waals surface area contributed by atoms with Crippen LogP contribution in [0.2, 0.25) is 0 Å². The molecule has 3 heterocycles. The Hall–Kier alpha value is -3.76. The number of amides is 2. The molecule has 11 nitrogen and oxygen atoms in total. The van der Waals surface area contributed by atoms with Crippen LogP contribution in [-0.2, 0) is 4.79 Å². The molecule has 1 saturated heterocycles. The van der Waals surface area contributed by atoms with E-state index in [9.17, 15) is 19.5 Å². The topological polar surface area (TPSA) is 157 Å². The molecule has 158 valence electrons. The molecule has 1 aliphatic rings.